The lowest BCUT2D eigenvalue weighted by Crippen LogP contribution is -2.40. The minimum atomic E-state index is -0.158. The number of aryl methyl sites for hydroxylation is 3. The third kappa shape index (κ3) is 3.56. The van der Waals surface area contributed by atoms with Gasteiger partial charge in [0.25, 0.3) is 5.91 Å². The normalized spacial score (nSPS) is 21.2. The summed E-state index contributed by atoms with van der Waals surface area (Å²) >= 11 is 0. The molecule has 23 heavy (non-hydrogen) atoms. The molecular formula is C16H21N5O2. The number of nitrogens with zero attached hydrogens (tertiary/aromatic N) is 4. The molecule has 122 valence electrons. The lowest BCUT2D eigenvalue weighted by Gasteiger charge is -2.30. The fourth-order valence-electron chi connectivity index (χ4n) is 2.90. The standard InChI is InChI=1S/C16H21N5O2/c1-10-6-13(19-11(2)18-10)16(22)20-12-4-5-23-15(7-12)14-8-17-9-21(14)3/h6,8-9,12,15H,4-5,7H2,1-3H3,(H,20,22)/t12-,15-/m1/s1. The summed E-state index contributed by atoms with van der Waals surface area (Å²) in [6.45, 7) is 4.26. The first-order valence-electron chi connectivity index (χ1n) is 7.74. The van der Waals surface area contributed by atoms with Crippen LogP contribution in [0.2, 0.25) is 0 Å². The number of hydrogen-bond donors (Lipinski definition) is 1. The summed E-state index contributed by atoms with van der Waals surface area (Å²) in [4.78, 5) is 25.0. The quantitative estimate of drug-likeness (QED) is 0.927. The molecule has 0 bridgehead atoms. The van der Waals surface area contributed by atoms with Crippen LogP contribution < -0.4 is 5.32 Å². The molecule has 1 saturated heterocycles. The lowest BCUT2D eigenvalue weighted by molar-refractivity contribution is -0.00305. The van der Waals surface area contributed by atoms with Crippen LogP contribution in [0.1, 0.15) is 46.6 Å². The molecule has 2 atom stereocenters. The molecule has 0 aromatic carbocycles. The Kier molecular flexibility index (Phi) is 4.38. The van der Waals surface area contributed by atoms with E-state index >= 15 is 0 Å². The van der Waals surface area contributed by atoms with Gasteiger partial charge in [-0.3, -0.25) is 4.79 Å². The van der Waals surface area contributed by atoms with Gasteiger partial charge in [0.2, 0.25) is 0 Å². The van der Waals surface area contributed by atoms with Crippen molar-refractivity contribution >= 4 is 5.91 Å². The monoisotopic (exact) mass is 315 g/mol. The van der Waals surface area contributed by atoms with Crippen LogP contribution in [0.3, 0.4) is 0 Å². The van der Waals surface area contributed by atoms with Gasteiger partial charge in [-0.05, 0) is 32.8 Å². The second kappa shape index (κ2) is 6.45. The molecule has 0 unspecified atom stereocenters. The number of ether oxygens (including phenoxy) is 1. The predicted molar refractivity (Wildman–Crippen MR) is 83.9 cm³/mol. The molecule has 0 spiro atoms. The molecule has 0 radical (unpaired) electrons. The molecule has 0 aliphatic carbocycles. The van der Waals surface area contributed by atoms with Crippen molar-refractivity contribution in [1.29, 1.82) is 0 Å². The van der Waals surface area contributed by atoms with Crippen molar-refractivity contribution in [3.8, 4) is 0 Å². The first-order valence-corrected chi connectivity index (χ1v) is 7.74. The summed E-state index contributed by atoms with van der Waals surface area (Å²) in [6, 6.07) is 1.77. The van der Waals surface area contributed by atoms with Crippen LogP contribution >= 0.6 is 0 Å². The fourth-order valence-corrected chi connectivity index (χ4v) is 2.90. The van der Waals surface area contributed by atoms with Crippen molar-refractivity contribution in [2.24, 2.45) is 7.05 Å². The molecule has 1 aliphatic rings. The Morgan fingerprint density at radius 2 is 2.22 bits per heavy atom. The van der Waals surface area contributed by atoms with Crippen molar-refractivity contribution < 1.29 is 9.53 Å². The third-order valence-corrected chi connectivity index (χ3v) is 4.00. The van der Waals surface area contributed by atoms with E-state index < -0.39 is 0 Å². The third-order valence-electron chi connectivity index (χ3n) is 4.00. The van der Waals surface area contributed by atoms with E-state index in [1.165, 1.54) is 0 Å². The molecule has 0 saturated carbocycles. The zero-order valence-electron chi connectivity index (χ0n) is 13.6. The first kappa shape index (κ1) is 15.6. The highest BCUT2D eigenvalue weighted by Crippen LogP contribution is 2.27. The number of hydrogen-bond acceptors (Lipinski definition) is 5. The van der Waals surface area contributed by atoms with Gasteiger partial charge >= 0.3 is 0 Å². The molecule has 1 fully saturated rings. The summed E-state index contributed by atoms with van der Waals surface area (Å²) in [5, 5.41) is 3.06. The number of aromatic nitrogens is 4. The van der Waals surface area contributed by atoms with Crippen LogP contribution in [0, 0.1) is 13.8 Å². The second-order valence-electron chi connectivity index (χ2n) is 5.93. The van der Waals surface area contributed by atoms with Gasteiger partial charge in [-0.1, -0.05) is 0 Å². The Hall–Kier alpha value is -2.28. The molecule has 2 aromatic heterocycles. The summed E-state index contributed by atoms with van der Waals surface area (Å²) in [5.74, 6) is 0.448. The van der Waals surface area contributed by atoms with Crippen molar-refractivity contribution in [2.45, 2.75) is 38.8 Å². The summed E-state index contributed by atoms with van der Waals surface area (Å²) < 4.78 is 7.77. The maximum Gasteiger partial charge on any atom is 0.270 e. The van der Waals surface area contributed by atoms with E-state index in [-0.39, 0.29) is 18.1 Å². The van der Waals surface area contributed by atoms with Crippen LogP contribution in [-0.4, -0.2) is 38.1 Å². The Morgan fingerprint density at radius 1 is 1.39 bits per heavy atom. The minimum absolute atomic E-state index is 0.0459. The predicted octanol–water partition coefficient (Wildman–Crippen LogP) is 1.48. The van der Waals surface area contributed by atoms with E-state index in [1.807, 2.05) is 24.7 Å². The molecule has 7 heteroatoms. The van der Waals surface area contributed by atoms with Crippen molar-refractivity contribution in [3.63, 3.8) is 0 Å². The Bertz CT molecular complexity index is 692. The average molecular weight is 315 g/mol. The largest absolute Gasteiger partial charge is 0.372 e. The van der Waals surface area contributed by atoms with E-state index in [4.69, 9.17) is 4.74 Å². The van der Waals surface area contributed by atoms with Gasteiger partial charge < -0.3 is 14.6 Å². The fraction of sp³-hybridized carbons (Fsp3) is 0.500. The molecule has 1 aliphatic heterocycles. The Labute approximate surface area is 135 Å². The SMILES string of the molecule is Cc1cc(C(=O)N[C@@H]2CCO[C@@H](c3cncn3C)C2)nc(C)n1. The zero-order chi connectivity index (χ0) is 16.4. The van der Waals surface area contributed by atoms with Crippen LogP contribution in [0.25, 0.3) is 0 Å². The maximum absolute atomic E-state index is 12.4. The lowest BCUT2D eigenvalue weighted by atomic mass is 10.0. The number of carbonyl (C=O) groups is 1. The summed E-state index contributed by atoms with van der Waals surface area (Å²) in [5.41, 5.74) is 2.23. The van der Waals surface area contributed by atoms with Gasteiger partial charge in [0.15, 0.2) is 0 Å². The Morgan fingerprint density at radius 3 is 2.91 bits per heavy atom. The number of rotatable bonds is 3. The van der Waals surface area contributed by atoms with Gasteiger partial charge in [-0.25, -0.2) is 15.0 Å². The highest BCUT2D eigenvalue weighted by molar-refractivity contribution is 5.92. The number of carbonyl (C=O) groups excluding carboxylic acids is 1. The van der Waals surface area contributed by atoms with Gasteiger partial charge in [0.1, 0.15) is 17.6 Å². The average Bonchev–Trinajstić information content (AvgIpc) is 2.92. The van der Waals surface area contributed by atoms with Crippen molar-refractivity contribution in [2.75, 3.05) is 6.61 Å². The van der Waals surface area contributed by atoms with Crippen LogP contribution in [0.5, 0.6) is 0 Å². The minimum Gasteiger partial charge on any atom is -0.372 e. The van der Waals surface area contributed by atoms with Crippen LogP contribution in [0.15, 0.2) is 18.6 Å². The maximum atomic E-state index is 12.4. The second-order valence-corrected chi connectivity index (χ2v) is 5.93. The zero-order valence-corrected chi connectivity index (χ0v) is 13.6. The number of amides is 1. The molecule has 3 heterocycles. The van der Waals surface area contributed by atoms with E-state index in [0.29, 0.717) is 18.1 Å². The summed E-state index contributed by atoms with van der Waals surface area (Å²) in [7, 11) is 1.94. The van der Waals surface area contributed by atoms with Gasteiger partial charge in [-0.15, -0.1) is 0 Å². The van der Waals surface area contributed by atoms with E-state index in [1.54, 1.807) is 19.3 Å². The van der Waals surface area contributed by atoms with Crippen molar-refractivity contribution in [3.05, 3.63) is 41.5 Å². The highest BCUT2D eigenvalue weighted by Gasteiger charge is 2.27. The van der Waals surface area contributed by atoms with E-state index in [9.17, 15) is 4.79 Å². The molecule has 7 nitrogen and oxygen atoms in total. The summed E-state index contributed by atoms with van der Waals surface area (Å²) in [6.07, 6.45) is 5.05. The van der Waals surface area contributed by atoms with Gasteiger partial charge in [0.05, 0.1) is 18.2 Å². The number of imidazole rings is 1. The molecule has 1 amide bonds. The smallest absolute Gasteiger partial charge is 0.270 e. The van der Waals surface area contributed by atoms with E-state index in [0.717, 1.165) is 24.2 Å². The van der Waals surface area contributed by atoms with Gasteiger partial charge in [0, 0.05) is 25.4 Å². The van der Waals surface area contributed by atoms with Crippen molar-refractivity contribution in [1.82, 2.24) is 24.8 Å². The molecular weight excluding hydrogens is 294 g/mol. The highest BCUT2D eigenvalue weighted by atomic mass is 16.5. The van der Waals surface area contributed by atoms with E-state index in [2.05, 4.69) is 20.3 Å². The van der Waals surface area contributed by atoms with Crippen LogP contribution in [0.4, 0.5) is 0 Å². The van der Waals surface area contributed by atoms with Crippen LogP contribution in [-0.2, 0) is 11.8 Å². The molecule has 2 aromatic rings. The topological polar surface area (TPSA) is 81.9 Å². The van der Waals surface area contributed by atoms with Gasteiger partial charge in [-0.2, -0.15) is 0 Å². The first-order chi connectivity index (χ1) is 11.0. The molecule has 3 rings (SSSR count). The number of nitrogens with one attached hydrogen (secondary N) is 1. The molecule has 1 N–H and O–H groups in total. The Balaban J connectivity index is 1.67.